The molecule has 0 bridgehead atoms. The molecule has 11 atom stereocenters. The topological polar surface area (TPSA) is 214 Å². The number of aliphatic hydroxyl groups excluding tert-OH is 7. The predicted molar refractivity (Wildman–Crippen MR) is 275 cm³/mol. The van der Waals surface area contributed by atoms with Gasteiger partial charge >= 0.3 is 5.97 Å². The first-order valence-corrected chi connectivity index (χ1v) is 27.7. The third kappa shape index (κ3) is 30.2. The SMILES string of the molecule is CC/C=C\C/C=C\C/C=C\C/C=C\CCCCCOCC(COC1OC(COC2OC(CO)C(O)C(O)C2O)C(O)C(O)C1O)OC(=O)CCCCCCCCCCCCCCCCCCCCCC. The Morgan fingerprint density at radius 1 is 0.486 bits per heavy atom. The number of aliphatic hydroxyl groups is 7. The monoisotopic (exact) mass is 997 g/mol. The second-order valence-electron chi connectivity index (χ2n) is 19.4. The fourth-order valence-corrected chi connectivity index (χ4v) is 8.63. The molecule has 0 radical (unpaired) electrons. The molecule has 0 aromatic heterocycles. The Hall–Kier alpha value is -2.05. The molecule has 2 aliphatic rings. The number of esters is 1. The van der Waals surface area contributed by atoms with Crippen LogP contribution in [0, 0.1) is 0 Å². The van der Waals surface area contributed by atoms with Crippen LogP contribution in [0.2, 0.25) is 0 Å². The number of ether oxygens (including phenoxy) is 6. The third-order valence-corrected chi connectivity index (χ3v) is 13.1. The molecule has 0 spiro atoms. The largest absolute Gasteiger partial charge is 0.457 e. The van der Waals surface area contributed by atoms with Crippen LogP contribution in [0.3, 0.4) is 0 Å². The van der Waals surface area contributed by atoms with Crippen molar-refractivity contribution in [3.63, 3.8) is 0 Å². The van der Waals surface area contributed by atoms with E-state index in [1.165, 1.54) is 103 Å². The molecule has 0 aliphatic carbocycles. The molecule has 7 N–H and O–H groups in total. The highest BCUT2D eigenvalue weighted by Crippen LogP contribution is 2.26. The van der Waals surface area contributed by atoms with Gasteiger partial charge in [-0.25, -0.2) is 0 Å². The molecule has 14 heteroatoms. The second kappa shape index (κ2) is 43.4. The fraction of sp³-hybridized carbons (Fsp3) is 0.839. The number of hydrogen-bond acceptors (Lipinski definition) is 14. The molecule has 0 aromatic rings. The lowest BCUT2D eigenvalue weighted by molar-refractivity contribution is -0.332. The molecular weight excluding hydrogens is 897 g/mol. The van der Waals surface area contributed by atoms with Gasteiger partial charge in [-0.1, -0.05) is 191 Å². The van der Waals surface area contributed by atoms with Crippen LogP contribution in [-0.2, 0) is 33.2 Å². The van der Waals surface area contributed by atoms with Gasteiger partial charge in [0.2, 0.25) is 0 Å². The molecule has 11 unspecified atom stereocenters. The summed E-state index contributed by atoms with van der Waals surface area (Å²) in [7, 11) is 0. The number of carbonyl (C=O) groups is 1. The van der Waals surface area contributed by atoms with Crippen molar-refractivity contribution in [1.82, 2.24) is 0 Å². The average Bonchev–Trinajstić information content (AvgIpc) is 3.36. The smallest absolute Gasteiger partial charge is 0.306 e. The molecule has 2 heterocycles. The summed E-state index contributed by atoms with van der Waals surface area (Å²) in [5, 5.41) is 72.2. The van der Waals surface area contributed by atoms with Crippen LogP contribution in [-0.4, -0.2) is 142 Å². The minimum Gasteiger partial charge on any atom is -0.457 e. The zero-order chi connectivity index (χ0) is 50.9. The maximum Gasteiger partial charge on any atom is 0.306 e. The number of hydrogen-bond donors (Lipinski definition) is 7. The summed E-state index contributed by atoms with van der Waals surface area (Å²) in [6.07, 6.45) is 34.6. The quantitative estimate of drug-likeness (QED) is 0.0172. The summed E-state index contributed by atoms with van der Waals surface area (Å²) >= 11 is 0. The van der Waals surface area contributed by atoms with E-state index >= 15 is 0 Å². The minimum atomic E-state index is -1.71. The van der Waals surface area contributed by atoms with Gasteiger partial charge < -0.3 is 64.2 Å². The Balaban J connectivity index is 1.74. The molecule has 2 fully saturated rings. The maximum atomic E-state index is 13.0. The Kier molecular flexibility index (Phi) is 39.7. The van der Waals surface area contributed by atoms with Gasteiger partial charge in [0, 0.05) is 13.0 Å². The summed E-state index contributed by atoms with van der Waals surface area (Å²) in [5.74, 6) is -0.385. The average molecular weight is 997 g/mol. The number of carbonyl (C=O) groups excluding carboxylic acids is 1. The Labute approximate surface area is 422 Å². The van der Waals surface area contributed by atoms with Crippen LogP contribution in [0.25, 0.3) is 0 Å². The molecule has 70 heavy (non-hydrogen) atoms. The van der Waals surface area contributed by atoms with E-state index in [2.05, 4.69) is 62.5 Å². The van der Waals surface area contributed by atoms with E-state index in [0.717, 1.165) is 70.6 Å². The van der Waals surface area contributed by atoms with Crippen molar-refractivity contribution in [2.24, 2.45) is 0 Å². The van der Waals surface area contributed by atoms with Crippen molar-refractivity contribution in [2.75, 3.05) is 33.0 Å². The molecule has 408 valence electrons. The van der Waals surface area contributed by atoms with Crippen molar-refractivity contribution in [2.45, 2.75) is 268 Å². The van der Waals surface area contributed by atoms with Gasteiger partial charge in [0.15, 0.2) is 12.6 Å². The van der Waals surface area contributed by atoms with E-state index in [1.807, 2.05) is 0 Å². The Bertz CT molecular complexity index is 1340. The number of allylic oxidation sites excluding steroid dienone is 8. The summed E-state index contributed by atoms with van der Waals surface area (Å²) in [6.45, 7) is 3.52. The first-order valence-electron chi connectivity index (χ1n) is 27.7. The maximum absolute atomic E-state index is 13.0. The van der Waals surface area contributed by atoms with Crippen LogP contribution < -0.4 is 0 Å². The Morgan fingerprint density at radius 2 is 0.929 bits per heavy atom. The molecule has 0 aromatic carbocycles. The lowest BCUT2D eigenvalue weighted by Crippen LogP contribution is -2.61. The third-order valence-electron chi connectivity index (χ3n) is 13.1. The second-order valence-corrected chi connectivity index (χ2v) is 19.4. The van der Waals surface area contributed by atoms with Gasteiger partial charge in [-0.2, -0.15) is 0 Å². The van der Waals surface area contributed by atoms with Gasteiger partial charge in [0.1, 0.15) is 54.9 Å². The van der Waals surface area contributed by atoms with E-state index < -0.39 is 80.7 Å². The number of rotatable bonds is 44. The molecule has 0 saturated carbocycles. The van der Waals surface area contributed by atoms with Crippen LogP contribution >= 0.6 is 0 Å². The molecule has 0 amide bonds. The van der Waals surface area contributed by atoms with Crippen LogP contribution in [0.15, 0.2) is 48.6 Å². The molecular formula is C56H100O14. The zero-order valence-corrected chi connectivity index (χ0v) is 43.5. The van der Waals surface area contributed by atoms with Gasteiger partial charge in [-0.15, -0.1) is 0 Å². The van der Waals surface area contributed by atoms with Crippen LogP contribution in [0.4, 0.5) is 0 Å². The first kappa shape index (κ1) is 64.1. The van der Waals surface area contributed by atoms with Crippen molar-refractivity contribution < 1.29 is 69.0 Å². The van der Waals surface area contributed by atoms with Crippen molar-refractivity contribution >= 4 is 5.97 Å². The molecule has 2 aliphatic heterocycles. The molecule has 2 rings (SSSR count). The molecule has 2 saturated heterocycles. The molecule has 14 nitrogen and oxygen atoms in total. The highest BCUT2D eigenvalue weighted by molar-refractivity contribution is 5.69. The summed E-state index contributed by atoms with van der Waals surface area (Å²) in [4.78, 5) is 13.0. The highest BCUT2D eigenvalue weighted by Gasteiger charge is 2.47. The summed E-state index contributed by atoms with van der Waals surface area (Å²) in [6, 6.07) is 0. The first-order chi connectivity index (χ1) is 34.1. The summed E-state index contributed by atoms with van der Waals surface area (Å²) in [5.41, 5.74) is 0. The van der Waals surface area contributed by atoms with Crippen LogP contribution in [0.1, 0.15) is 200 Å². The Morgan fingerprint density at radius 3 is 1.44 bits per heavy atom. The standard InChI is InChI=1S/C56H100O14/c1-3-5-7-9-11-13-15-17-19-21-22-23-24-25-27-29-31-33-35-37-39-48(58)68-45(42-65-40-38-36-34-32-30-28-26-20-18-16-14-12-10-8-6-4-2)43-66-55-54(64)52(62)50(60)47(70-55)44-67-56-53(63)51(61)49(59)46(41-57)69-56/h6,8,12,14,18,20,28,30,45-47,49-57,59-64H,3-5,7,9-11,13,15-17,19,21-27,29,31-44H2,1-2H3/b8-6-,14-12-,20-18-,30-28-. The van der Waals surface area contributed by atoms with Gasteiger partial charge in [0.25, 0.3) is 0 Å². The van der Waals surface area contributed by atoms with E-state index in [9.17, 15) is 40.5 Å². The minimum absolute atomic E-state index is 0.0412. The van der Waals surface area contributed by atoms with Crippen molar-refractivity contribution in [3.05, 3.63) is 48.6 Å². The van der Waals surface area contributed by atoms with Crippen molar-refractivity contribution in [1.29, 1.82) is 0 Å². The lowest BCUT2D eigenvalue weighted by atomic mass is 9.98. The predicted octanol–water partition coefficient (Wildman–Crippen LogP) is 9.13. The normalized spacial score (nSPS) is 25.8. The lowest BCUT2D eigenvalue weighted by Gasteiger charge is -2.42. The summed E-state index contributed by atoms with van der Waals surface area (Å²) < 4.78 is 34.3. The van der Waals surface area contributed by atoms with Crippen molar-refractivity contribution in [3.8, 4) is 0 Å². The van der Waals surface area contributed by atoms with Crippen LogP contribution in [0.5, 0.6) is 0 Å². The van der Waals surface area contributed by atoms with E-state index in [1.54, 1.807) is 0 Å². The van der Waals surface area contributed by atoms with Gasteiger partial charge in [0.05, 0.1) is 26.4 Å². The van der Waals surface area contributed by atoms with E-state index in [0.29, 0.717) is 13.0 Å². The zero-order valence-electron chi connectivity index (χ0n) is 43.5. The fourth-order valence-electron chi connectivity index (χ4n) is 8.63. The van der Waals surface area contributed by atoms with E-state index in [4.69, 9.17) is 28.4 Å². The number of unbranched alkanes of at least 4 members (excludes halogenated alkanes) is 22. The van der Waals surface area contributed by atoms with E-state index in [-0.39, 0.29) is 25.6 Å². The van der Waals surface area contributed by atoms with Gasteiger partial charge in [-0.05, 0) is 51.4 Å². The highest BCUT2D eigenvalue weighted by atomic mass is 16.7. The van der Waals surface area contributed by atoms with Gasteiger partial charge in [-0.3, -0.25) is 4.79 Å².